The van der Waals surface area contributed by atoms with Gasteiger partial charge in [0.25, 0.3) is 5.69 Å². The number of anilines is 1. The number of benzene rings is 1. The Morgan fingerprint density at radius 1 is 1.13 bits per heavy atom. The molecule has 0 N–H and O–H groups in total. The summed E-state index contributed by atoms with van der Waals surface area (Å²) in [5.41, 5.74) is 1.04. The standard InChI is InChI=1S/C11H10N2O2/c14-13(15)11-6-4-10(5-7-11)12-8-2-1-3-9-12/h2-9H,1H2. The maximum absolute atomic E-state index is 10.5. The number of hydrogen-bond acceptors (Lipinski definition) is 3. The van der Waals surface area contributed by atoms with Crippen molar-refractivity contribution >= 4 is 11.4 Å². The average Bonchev–Trinajstić information content (AvgIpc) is 2.30. The molecule has 0 spiro atoms. The Bertz CT molecular complexity index is 409. The van der Waals surface area contributed by atoms with Crippen molar-refractivity contribution in [2.75, 3.05) is 4.90 Å². The minimum Gasteiger partial charge on any atom is -0.324 e. The second-order valence-corrected chi connectivity index (χ2v) is 3.19. The molecule has 1 aromatic rings. The molecule has 0 bridgehead atoms. The van der Waals surface area contributed by atoms with Crippen molar-refractivity contribution in [1.29, 1.82) is 0 Å². The van der Waals surface area contributed by atoms with E-state index in [2.05, 4.69) is 0 Å². The first kappa shape index (κ1) is 9.45. The second-order valence-electron chi connectivity index (χ2n) is 3.19. The zero-order chi connectivity index (χ0) is 10.7. The molecule has 1 aromatic carbocycles. The maximum atomic E-state index is 10.5. The van der Waals surface area contributed by atoms with Gasteiger partial charge in [-0.1, -0.05) is 12.2 Å². The number of nitro benzene ring substituents is 1. The molecule has 1 heterocycles. The number of non-ortho nitro benzene ring substituents is 1. The highest BCUT2D eigenvalue weighted by Crippen LogP contribution is 2.21. The van der Waals surface area contributed by atoms with Gasteiger partial charge in [0.1, 0.15) is 0 Å². The van der Waals surface area contributed by atoms with E-state index in [1.165, 1.54) is 12.1 Å². The molecule has 0 aliphatic carbocycles. The largest absolute Gasteiger partial charge is 0.324 e. The highest BCUT2D eigenvalue weighted by molar-refractivity contribution is 5.55. The average molecular weight is 202 g/mol. The van der Waals surface area contributed by atoms with Crippen molar-refractivity contribution in [3.05, 3.63) is 58.9 Å². The Hall–Kier alpha value is -2.10. The van der Waals surface area contributed by atoms with E-state index >= 15 is 0 Å². The molecule has 0 saturated carbocycles. The summed E-state index contributed by atoms with van der Waals surface area (Å²) in [5.74, 6) is 0. The van der Waals surface area contributed by atoms with E-state index in [0.717, 1.165) is 12.1 Å². The van der Waals surface area contributed by atoms with Gasteiger partial charge < -0.3 is 4.90 Å². The molecule has 1 aliphatic rings. The monoisotopic (exact) mass is 202 g/mol. The molecule has 0 atom stereocenters. The molecule has 0 saturated heterocycles. The van der Waals surface area contributed by atoms with Crippen LogP contribution in [0.25, 0.3) is 0 Å². The Labute approximate surface area is 87.3 Å². The fourth-order valence-electron chi connectivity index (χ4n) is 1.40. The number of hydrogen-bond donors (Lipinski definition) is 0. The zero-order valence-electron chi connectivity index (χ0n) is 8.04. The van der Waals surface area contributed by atoms with Gasteiger partial charge in [-0.15, -0.1) is 0 Å². The predicted molar refractivity (Wildman–Crippen MR) is 58.5 cm³/mol. The Morgan fingerprint density at radius 3 is 2.27 bits per heavy atom. The van der Waals surface area contributed by atoms with Gasteiger partial charge in [-0.05, 0) is 18.6 Å². The van der Waals surface area contributed by atoms with Crippen LogP contribution in [-0.2, 0) is 0 Å². The Balaban J connectivity index is 2.23. The lowest BCUT2D eigenvalue weighted by Crippen LogP contribution is -2.08. The molecule has 4 nitrogen and oxygen atoms in total. The lowest BCUT2D eigenvalue weighted by Gasteiger charge is -2.17. The molecular weight excluding hydrogens is 192 g/mol. The SMILES string of the molecule is O=[N+]([O-])c1ccc(N2C=CCC=C2)cc1. The number of allylic oxidation sites excluding steroid dienone is 2. The quantitative estimate of drug-likeness (QED) is 0.547. The van der Waals surface area contributed by atoms with Crippen LogP contribution in [0.4, 0.5) is 11.4 Å². The van der Waals surface area contributed by atoms with Crippen molar-refractivity contribution in [1.82, 2.24) is 0 Å². The number of nitrogens with zero attached hydrogens (tertiary/aromatic N) is 2. The van der Waals surface area contributed by atoms with E-state index in [-0.39, 0.29) is 5.69 Å². The van der Waals surface area contributed by atoms with E-state index in [0.29, 0.717) is 0 Å². The van der Waals surface area contributed by atoms with Crippen molar-refractivity contribution in [2.24, 2.45) is 0 Å². The van der Waals surface area contributed by atoms with E-state index in [9.17, 15) is 10.1 Å². The highest BCUT2D eigenvalue weighted by atomic mass is 16.6. The summed E-state index contributed by atoms with van der Waals surface area (Å²) in [6.07, 6.45) is 8.88. The maximum Gasteiger partial charge on any atom is 0.269 e. The fourth-order valence-corrected chi connectivity index (χ4v) is 1.40. The first-order valence-corrected chi connectivity index (χ1v) is 4.63. The summed E-state index contributed by atoms with van der Waals surface area (Å²) >= 11 is 0. The molecule has 76 valence electrons. The lowest BCUT2D eigenvalue weighted by molar-refractivity contribution is -0.384. The number of nitro groups is 1. The van der Waals surface area contributed by atoms with Crippen LogP contribution >= 0.6 is 0 Å². The zero-order valence-corrected chi connectivity index (χ0v) is 8.04. The molecule has 0 fully saturated rings. The van der Waals surface area contributed by atoms with Gasteiger partial charge in [-0.3, -0.25) is 10.1 Å². The summed E-state index contributed by atoms with van der Waals surface area (Å²) in [4.78, 5) is 12.0. The van der Waals surface area contributed by atoms with Gasteiger partial charge in [-0.25, -0.2) is 0 Å². The summed E-state index contributed by atoms with van der Waals surface area (Å²) in [6, 6.07) is 6.48. The van der Waals surface area contributed by atoms with Crippen LogP contribution in [0.5, 0.6) is 0 Å². The first-order valence-electron chi connectivity index (χ1n) is 4.63. The number of rotatable bonds is 2. The van der Waals surface area contributed by atoms with Crippen LogP contribution in [0.2, 0.25) is 0 Å². The summed E-state index contributed by atoms with van der Waals surface area (Å²) in [6.45, 7) is 0. The molecule has 1 aliphatic heterocycles. The van der Waals surface area contributed by atoms with Crippen molar-refractivity contribution in [2.45, 2.75) is 6.42 Å². The predicted octanol–water partition coefficient (Wildman–Crippen LogP) is 2.83. The van der Waals surface area contributed by atoms with Gasteiger partial charge in [0.05, 0.1) is 4.92 Å². The normalized spacial score (nSPS) is 14.3. The molecule has 0 radical (unpaired) electrons. The van der Waals surface area contributed by atoms with Crippen LogP contribution in [0.15, 0.2) is 48.8 Å². The minimum atomic E-state index is -0.397. The fraction of sp³-hybridized carbons (Fsp3) is 0.0909. The topological polar surface area (TPSA) is 46.4 Å². The van der Waals surface area contributed by atoms with Gasteiger partial charge in [-0.2, -0.15) is 0 Å². The van der Waals surface area contributed by atoms with Crippen molar-refractivity contribution in [3.8, 4) is 0 Å². The summed E-state index contributed by atoms with van der Waals surface area (Å²) in [5, 5.41) is 10.5. The van der Waals surface area contributed by atoms with E-state index in [1.54, 1.807) is 12.1 Å². The van der Waals surface area contributed by atoms with Crippen LogP contribution < -0.4 is 4.90 Å². The highest BCUT2D eigenvalue weighted by Gasteiger charge is 2.06. The van der Waals surface area contributed by atoms with Crippen LogP contribution in [-0.4, -0.2) is 4.92 Å². The van der Waals surface area contributed by atoms with E-state index in [4.69, 9.17) is 0 Å². The molecule has 0 unspecified atom stereocenters. The van der Waals surface area contributed by atoms with Crippen molar-refractivity contribution in [3.63, 3.8) is 0 Å². The lowest BCUT2D eigenvalue weighted by atomic mass is 10.2. The van der Waals surface area contributed by atoms with E-state index in [1.807, 2.05) is 29.5 Å². The van der Waals surface area contributed by atoms with Crippen LogP contribution in [0.3, 0.4) is 0 Å². The van der Waals surface area contributed by atoms with Gasteiger partial charge >= 0.3 is 0 Å². The molecule has 4 heteroatoms. The van der Waals surface area contributed by atoms with Gasteiger partial charge in [0, 0.05) is 30.2 Å². The molecule has 0 amide bonds. The molecular formula is C11H10N2O2. The third-order valence-electron chi connectivity index (χ3n) is 2.16. The van der Waals surface area contributed by atoms with Crippen molar-refractivity contribution < 1.29 is 4.92 Å². The van der Waals surface area contributed by atoms with Gasteiger partial charge in [0.2, 0.25) is 0 Å². The third-order valence-corrected chi connectivity index (χ3v) is 2.16. The van der Waals surface area contributed by atoms with E-state index < -0.39 is 4.92 Å². The third kappa shape index (κ3) is 2.04. The van der Waals surface area contributed by atoms with Gasteiger partial charge in [0.15, 0.2) is 0 Å². The minimum absolute atomic E-state index is 0.115. The first-order chi connectivity index (χ1) is 7.27. The molecule has 0 aromatic heterocycles. The van der Waals surface area contributed by atoms with Crippen LogP contribution in [0.1, 0.15) is 6.42 Å². The summed E-state index contributed by atoms with van der Waals surface area (Å²) < 4.78 is 0. The summed E-state index contributed by atoms with van der Waals surface area (Å²) in [7, 11) is 0. The molecule has 2 rings (SSSR count). The Morgan fingerprint density at radius 2 is 1.73 bits per heavy atom. The van der Waals surface area contributed by atoms with Crippen LogP contribution in [0, 0.1) is 10.1 Å². The Kier molecular flexibility index (Phi) is 2.49. The smallest absolute Gasteiger partial charge is 0.269 e. The second kappa shape index (κ2) is 3.96. The molecule has 15 heavy (non-hydrogen) atoms.